The Kier molecular flexibility index (Phi) is 7.71. The molecule has 2 aromatic carbocycles. The molecular formula is C18H18BrN3O3S. The van der Waals surface area contributed by atoms with Crippen LogP contribution < -0.4 is 16.0 Å². The topological polar surface area (TPSA) is 79.5 Å². The Balaban J connectivity index is 1.89. The number of rotatable bonds is 6. The van der Waals surface area contributed by atoms with Gasteiger partial charge in [0, 0.05) is 34.9 Å². The minimum Gasteiger partial charge on any atom is -0.383 e. The molecule has 8 heteroatoms. The third-order valence-corrected chi connectivity index (χ3v) is 4.01. The average Bonchev–Trinajstić information content (AvgIpc) is 2.62. The van der Waals surface area contributed by atoms with Crippen LogP contribution >= 0.6 is 28.1 Å². The predicted molar refractivity (Wildman–Crippen MR) is 108 cm³/mol. The lowest BCUT2D eigenvalue weighted by Gasteiger charge is -2.10. The number of benzene rings is 2. The molecule has 0 saturated heterocycles. The van der Waals surface area contributed by atoms with Crippen molar-refractivity contribution in [1.29, 1.82) is 0 Å². The number of hydrogen-bond acceptors (Lipinski definition) is 4. The summed E-state index contributed by atoms with van der Waals surface area (Å²) < 4.78 is 5.69. The summed E-state index contributed by atoms with van der Waals surface area (Å²) in [5.74, 6) is -0.489. The van der Waals surface area contributed by atoms with Crippen LogP contribution in [0.15, 0.2) is 53.0 Å². The second kappa shape index (κ2) is 10.0. The molecule has 0 radical (unpaired) electrons. The molecule has 3 N–H and O–H groups in total. The molecule has 2 amide bonds. The monoisotopic (exact) mass is 435 g/mol. The highest BCUT2D eigenvalue weighted by molar-refractivity contribution is 9.10. The lowest BCUT2D eigenvalue weighted by Crippen LogP contribution is -2.34. The number of nitrogens with one attached hydrogen (secondary N) is 3. The highest BCUT2D eigenvalue weighted by Gasteiger charge is 2.09. The Bertz CT molecular complexity index is 797. The first-order valence-corrected chi connectivity index (χ1v) is 8.95. The van der Waals surface area contributed by atoms with E-state index in [2.05, 4.69) is 31.9 Å². The van der Waals surface area contributed by atoms with Gasteiger partial charge in [-0.2, -0.15) is 0 Å². The molecule has 0 unspecified atom stereocenters. The molecule has 0 bridgehead atoms. The molecule has 0 heterocycles. The van der Waals surface area contributed by atoms with Crippen molar-refractivity contribution in [3.63, 3.8) is 0 Å². The summed E-state index contributed by atoms with van der Waals surface area (Å²) in [6, 6.07) is 13.8. The molecule has 0 spiro atoms. The van der Waals surface area contributed by atoms with Crippen molar-refractivity contribution in [1.82, 2.24) is 10.6 Å². The van der Waals surface area contributed by atoms with Crippen LogP contribution in [0.25, 0.3) is 0 Å². The van der Waals surface area contributed by atoms with Crippen molar-refractivity contribution in [2.75, 3.05) is 25.6 Å². The van der Waals surface area contributed by atoms with Gasteiger partial charge in [0.05, 0.1) is 6.61 Å². The highest BCUT2D eigenvalue weighted by Crippen LogP contribution is 2.12. The SMILES string of the molecule is COCCNC(=O)c1ccc(NC(=S)NC(=O)c2cccc(Br)c2)cc1. The van der Waals surface area contributed by atoms with Crippen molar-refractivity contribution < 1.29 is 14.3 Å². The third-order valence-electron chi connectivity index (χ3n) is 3.31. The van der Waals surface area contributed by atoms with Gasteiger partial charge in [0.15, 0.2) is 5.11 Å². The van der Waals surface area contributed by atoms with Crippen LogP contribution in [-0.2, 0) is 4.74 Å². The van der Waals surface area contributed by atoms with Gasteiger partial charge in [0.25, 0.3) is 11.8 Å². The van der Waals surface area contributed by atoms with Crippen molar-refractivity contribution in [2.45, 2.75) is 0 Å². The van der Waals surface area contributed by atoms with Gasteiger partial charge < -0.3 is 15.4 Å². The Morgan fingerprint density at radius 3 is 2.46 bits per heavy atom. The molecule has 0 saturated carbocycles. The van der Waals surface area contributed by atoms with E-state index in [4.69, 9.17) is 17.0 Å². The van der Waals surface area contributed by atoms with Gasteiger partial charge >= 0.3 is 0 Å². The maximum Gasteiger partial charge on any atom is 0.257 e. The average molecular weight is 436 g/mol. The summed E-state index contributed by atoms with van der Waals surface area (Å²) in [4.78, 5) is 24.1. The largest absolute Gasteiger partial charge is 0.383 e. The molecule has 2 aromatic rings. The molecule has 0 atom stereocenters. The molecule has 6 nitrogen and oxygen atoms in total. The van der Waals surface area contributed by atoms with E-state index >= 15 is 0 Å². The van der Waals surface area contributed by atoms with Gasteiger partial charge in [-0.1, -0.05) is 22.0 Å². The maximum absolute atomic E-state index is 12.1. The zero-order valence-corrected chi connectivity index (χ0v) is 16.4. The van der Waals surface area contributed by atoms with Crippen LogP contribution in [-0.4, -0.2) is 37.2 Å². The van der Waals surface area contributed by atoms with Crippen LogP contribution in [0.4, 0.5) is 5.69 Å². The fraction of sp³-hybridized carbons (Fsp3) is 0.167. The fourth-order valence-corrected chi connectivity index (χ4v) is 2.65. The first-order chi connectivity index (χ1) is 12.5. The van der Waals surface area contributed by atoms with Crippen LogP contribution in [0.1, 0.15) is 20.7 Å². The minimum absolute atomic E-state index is 0.173. The number of methoxy groups -OCH3 is 1. The first kappa shape index (κ1) is 20.0. The smallest absolute Gasteiger partial charge is 0.257 e. The van der Waals surface area contributed by atoms with Crippen molar-refractivity contribution in [3.8, 4) is 0 Å². The highest BCUT2D eigenvalue weighted by atomic mass is 79.9. The van der Waals surface area contributed by atoms with Crippen LogP contribution in [0.2, 0.25) is 0 Å². The van der Waals surface area contributed by atoms with Gasteiger partial charge in [0.1, 0.15) is 0 Å². The number of halogens is 1. The molecule has 136 valence electrons. The Morgan fingerprint density at radius 2 is 1.81 bits per heavy atom. The second-order valence-corrected chi connectivity index (χ2v) is 6.57. The van der Waals surface area contributed by atoms with Gasteiger partial charge in [-0.3, -0.25) is 14.9 Å². The standard InChI is InChI=1S/C18H18BrN3O3S/c1-25-10-9-20-16(23)12-5-7-15(8-6-12)21-18(26)22-17(24)13-3-2-4-14(19)11-13/h2-8,11H,9-10H2,1H3,(H,20,23)(H2,21,22,24,26). The van der Waals surface area contributed by atoms with E-state index in [0.717, 1.165) is 4.47 Å². The second-order valence-electron chi connectivity index (χ2n) is 5.24. The van der Waals surface area contributed by atoms with Gasteiger partial charge in [0.2, 0.25) is 0 Å². The number of hydrogen-bond donors (Lipinski definition) is 3. The van der Waals surface area contributed by atoms with Crippen LogP contribution in [0.3, 0.4) is 0 Å². The first-order valence-electron chi connectivity index (χ1n) is 7.74. The zero-order chi connectivity index (χ0) is 18.9. The normalized spacial score (nSPS) is 10.1. The van der Waals surface area contributed by atoms with Crippen molar-refractivity contribution in [2.24, 2.45) is 0 Å². The minimum atomic E-state index is -0.307. The molecule has 2 rings (SSSR count). The summed E-state index contributed by atoms with van der Waals surface area (Å²) in [6.45, 7) is 0.901. The predicted octanol–water partition coefficient (Wildman–Crippen LogP) is 2.95. The van der Waals surface area contributed by atoms with E-state index < -0.39 is 0 Å². The number of ether oxygens (including phenoxy) is 1. The molecule has 0 aliphatic carbocycles. The molecule has 0 aromatic heterocycles. The van der Waals surface area contributed by atoms with E-state index in [1.165, 1.54) is 0 Å². The number of thiocarbonyl (C=S) groups is 1. The van der Waals surface area contributed by atoms with Crippen molar-refractivity contribution >= 4 is 50.8 Å². The lowest BCUT2D eigenvalue weighted by molar-refractivity contribution is 0.0935. The summed E-state index contributed by atoms with van der Waals surface area (Å²) in [6.07, 6.45) is 0. The van der Waals surface area contributed by atoms with Gasteiger partial charge in [-0.05, 0) is 54.7 Å². The Morgan fingerprint density at radius 1 is 1.08 bits per heavy atom. The molecule has 0 aliphatic heterocycles. The number of anilines is 1. The zero-order valence-electron chi connectivity index (χ0n) is 14.0. The number of carbonyl (C=O) groups is 2. The van der Waals surface area contributed by atoms with E-state index in [1.807, 2.05) is 6.07 Å². The fourth-order valence-electron chi connectivity index (χ4n) is 2.04. The summed E-state index contributed by atoms with van der Waals surface area (Å²) in [7, 11) is 1.57. The van der Waals surface area contributed by atoms with Crippen LogP contribution in [0.5, 0.6) is 0 Å². The van der Waals surface area contributed by atoms with Gasteiger partial charge in [-0.15, -0.1) is 0 Å². The Labute approximate surface area is 165 Å². The third kappa shape index (κ3) is 6.21. The number of carbonyl (C=O) groups excluding carboxylic acids is 2. The maximum atomic E-state index is 12.1. The van der Waals surface area contributed by atoms with Gasteiger partial charge in [-0.25, -0.2) is 0 Å². The lowest BCUT2D eigenvalue weighted by atomic mass is 10.2. The number of amides is 2. The van der Waals surface area contributed by atoms with E-state index in [-0.39, 0.29) is 16.9 Å². The molecule has 0 aliphatic rings. The quantitative estimate of drug-likeness (QED) is 0.480. The molecular weight excluding hydrogens is 418 g/mol. The van der Waals surface area contributed by atoms with Crippen LogP contribution in [0, 0.1) is 0 Å². The summed E-state index contributed by atoms with van der Waals surface area (Å²) in [5.41, 5.74) is 1.68. The Hall–Kier alpha value is -2.29. The summed E-state index contributed by atoms with van der Waals surface area (Å²) >= 11 is 8.47. The van der Waals surface area contributed by atoms with Crippen molar-refractivity contribution in [3.05, 3.63) is 64.1 Å². The molecule has 26 heavy (non-hydrogen) atoms. The van der Waals surface area contributed by atoms with E-state index in [0.29, 0.717) is 30.0 Å². The van der Waals surface area contributed by atoms with E-state index in [1.54, 1.807) is 49.6 Å². The summed E-state index contributed by atoms with van der Waals surface area (Å²) in [5, 5.41) is 8.43. The van der Waals surface area contributed by atoms with E-state index in [9.17, 15) is 9.59 Å². The molecule has 0 fully saturated rings.